The molecule has 0 aromatic carbocycles. The van der Waals surface area contributed by atoms with Crippen molar-refractivity contribution in [2.24, 2.45) is 7.05 Å². The topological polar surface area (TPSA) is 88.5 Å². The quantitative estimate of drug-likeness (QED) is 0.738. The van der Waals surface area contributed by atoms with Crippen molar-refractivity contribution in [3.05, 3.63) is 18.0 Å². The molecule has 1 aliphatic heterocycles. The summed E-state index contributed by atoms with van der Waals surface area (Å²) < 4.78 is 6.90. The van der Waals surface area contributed by atoms with Gasteiger partial charge in [-0.05, 0) is 13.5 Å². The summed E-state index contributed by atoms with van der Waals surface area (Å²) >= 11 is 0. The highest BCUT2D eigenvalue weighted by Gasteiger charge is 2.29. The van der Waals surface area contributed by atoms with Crippen molar-refractivity contribution >= 4 is 24.2 Å². The zero-order valence-electron chi connectivity index (χ0n) is 14.3. The molecule has 2 unspecified atom stereocenters. The predicted octanol–water partition coefficient (Wildman–Crippen LogP) is -0.144. The van der Waals surface area contributed by atoms with Gasteiger partial charge in [-0.25, -0.2) is 0 Å². The van der Waals surface area contributed by atoms with E-state index < -0.39 is 12.1 Å². The van der Waals surface area contributed by atoms with Gasteiger partial charge in [0.05, 0.1) is 19.4 Å². The van der Waals surface area contributed by atoms with Gasteiger partial charge >= 0.3 is 0 Å². The second-order valence-corrected chi connectivity index (χ2v) is 5.58. The van der Waals surface area contributed by atoms with Crippen LogP contribution in [0.25, 0.3) is 0 Å². The van der Waals surface area contributed by atoms with Crippen LogP contribution in [0.4, 0.5) is 0 Å². The van der Waals surface area contributed by atoms with E-state index in [1.54, 1.807) is 36.1 Å². The minimum absolute atomic E-state index is 0. The van der Waals surface area contributed by atoms with Gasteiger partial charge in [0.1, 0.15) is 12.1 Å². The summed E-state index contributed by atoms with van der Waals surface area (Å²) in [6.07, 6.45) is 3.97. The number of amides is 2. The van der Waals surface area contributed by atoms with Crippen molar-refractivity contribution in [2.75, 3.05) is 33.4 Å². The Bertz CT molecular complexity index is 545. The maximum atomic E-state index is 12.5. The average molecular weight is 360 g/mol. The summed E-state index contributed by atoms with van der Waals surface area (Å²) in [7, 11) is 3.51. The van der Waals surface area contributed by atoms with Crippen molar-refractivity contribution < 1.29 is 14.3 Å². The maximum absolute atomic E-state index is 12.5. The first-order chi connectivity index (χ1) is 11.1. The van der Waals surface area contributed by atoms with Crippen LogP contribution in [0.2, 0.25) is 0 Å². The number of nitrogens with zero attached hydrogens (tertiary/aromatic N) is 3. The minimum atomic E-state index is -0.532. The van der Waals surface area contributed by atoms with Crippen LogP contribution in [0.15, 0.2) is 12.4 Å². The number of ether oxygens (including phenoxy) is 1. The molecule has 2 heterocycles. The Morgan fingerprint density at radius 1 is 1.38 bits per heavy atom. The van der Waals surface area contributed by atoms with Crippen molar-refractivity contribution in [1.82, 2.24) is 25.3 Å². The van der Waals surface area contributed by atoms with Gasteiger partial charge in [0.15, 0.2) is 0 Å². The average Bonchev–Trinajstić information content (AvgIpc) is 2.99. The standard InChI is InChI=1S/C15H25N5O3.ClH/c1-4-12(15(22)20-5-7-23-8-6-20)18-14(21)13(16-2)11-9-17-19(3)10-11;/h9-10,12-13,16H,4-8H2,1-3H3,(H,18,21);1H. The van der Waals surface area contributed by atoms with E-state index in [2.05, 4.69) is 15.7 Å². The number of hydrogen-bond donors (Lipinski definition) is 2. The first-order valence-corrected chi connectivity index (χ1v) is 7.89. The molecule has 0 spiro atoms. The van der Waals surface area contributed by atoms with Gasteiger partial charge in [-0.1, -0.05) is 6.92 Å². The number of morpholine rings is 1. The molecule has 2 amide bonds. The van der Waals surface area contributed by atoms with Gasteiger partial charge in [0, 0.05) is 31.9 Å². The molecular weight excluding hydrogens is 334 g/mol. The van der Waals surface area contributed by atoms with Crippen LogP contribution in [-0.2, 0) is 21.4 Å². The van der Waals surface area contributed by atoms with Crippen LogP contribution < -0.4 is 10.6 Å². The van der Waals surface area contributed by atoms with E-state index in [0.29, 0.717) is 32.7 Å². The van der Waals surface area contributed by atoms with Crippen molar-refractivity contribution in [3.63, 3.8) is 0 Å². The van der Waals surface area contributed by atoms with Crippen molar-refractivity contribution in [3.8, 4) is 0 Å². The van der Waals surface area contributed by atoms with Crippen molar-refractivity contribution in [2.45, 2.75) is 25.4 Å². The number of rotatable bonds is 6. The molecule has 0 bridgehead atoms. The zero-order valence-corrected chi connectivity index (χ0v) is 15.1. The Balaban J connectivity index is 0.00000288. The molecule has 1 saturated heterocycles. The largest absolute Gasteiger partial charge is 0.378 e. The second kappa shape index (κ2) is 9.61. The summed E-state index contributed by atoms with van der Waals surface area (Å²) in [6, 6.07) is -1.05. The van der Waals surface area contributed by atoms with Crippen molar-refractivity contribution in [1.29, 1.82) is 0 Å². The number of aryl methyl sites for hydroxylation is 1. The van der Waals surface area contributed by atoms with Gasteiger partial charge in [-0.3, -0.25) is 14.3 Å². The van der Waals surface area contributed by atoms with E-state index in [0.717, 1.165) is 5.56 Å². The van der Waals surface area contributed by atoms with Gasteiger partial charge in [-0.2, -0.15) is 5.10 Å². The van der Waals surface area contributed by atoms with Gasteiger partial charge in [0.2, 0.25) is 11.8 Å². The fraction of sp³-hybridized carbons (Fsp3) is 0.667. The Morgan fingerprint density at radius 2 is 2.04 bits per heavy atom. The Hall–Kier alpha value is -1.64. The van der Waals surface area contributed by atoms with E-state index in [1.165, 1.54) is 0 Å². The summed E-state index contributed by atoms with van der Waals surface area (Å²) in [5.41, 5.74) is 0.765. The molecule has 1 fully saturated rings. The third-order valence-electron chi connectivity index (χ3n) is 3.95. The highest BCUT2D eigenvalue weighted by molar-refractivity contribution is 5.90. The molecule has 8 nitrogen and oxygen atoms in total. The lowest BCUT2D eigenvalue weighted by Gasteiger charge is -2.31. The predicted molar refractivity (Wildman–Crippen MR) is 91.9 cm³/mol. The number of aromatic nitrogens is 2. The minimum Gasteiger partial charge on any atom is -0.378 e. The lowest BCUT2D eigenvalue weighted by Crippen LogP contribution is -2.53. The number of carbonyl (C=O) groups excluding carboxylic acids is 2. The molecule has 24 heavy (non-hydrogen) atoms. The lowest BCUT2D eigenvalue weighted by molar-refractivity contribution is -0.140. The molecule has 2 rings (SSSR count). The van der Waals surface area contributed by atoms with E-state index in [1.807, 2.05) is 6.92 Å². The molecule has 136 valence electrons. The molecule has 9 heteroatoms. The molecule has 1 aromatic heterocycles. The van der Waals surface area contributed by atoms with Crippen LogP contribution in [0.5, 0.6) is 0 Å². The Morgan fingerprint density at radius 3 is 2.54 bits per heavy atom. The summed E-state index contributed by atoms with van der Waals surface area (Å²) in [5.74, 6) is -0.279. The van der Waals surface area contributed by atoms with Gasteiger partial charge < -0.3 is 20.3 Å². The smallest absolute Gasteiger partial charge is 0.245 e. The molecule has 2 atom stereocenters. The third kappa shape index (κ3) is 4.93. The molecule has 0 aliphatic carbocycles. The third-order valence-corrected chi connectivity index (χ3v) is 3.95. The van der Waals surface area contributed by atoms with Gasteiger partial charge in [0.25, 0.3) is 0 Å². The highest BCUT2D eigenvalue weighted by Crippen LogP contribution is 2.12. The molecule has 2 N–H and O–H groups in total. The zero-order chi connectivity index (χ0) is 16.8. The number of nitrogens with one attached hydrogen (secondary N) is 2. The number of hydrogen-bond acceptors (Lipinski definition) is 5. The Labute approximate surface area is 148 Å². The van der Waals surface area contributed by atoms with Crippen LogP contribution in [-0.4, -0.2) is 65.9 Å². The lowest BCUT2D eigenvalue weighted by atomic mass is 10.1. The van der Waals surface area contributed by atoms with E-state index >= 15 is 0 Å². The summed E-state index contributed by atoms with van der Waals surface area (Å²) in [6.45, 7) is 4.13. The second-order valence-electron chi connectivity index (χ2n) is 5.58. The van der Waals surface area contributed by atoms with E-state index in [-0.39, 0.29) is 24.2 Å². The summed E-state index contributed by atoms with van der Waals surface area (Å²) in [5, 5.41) is 9.90. The van der Waals surface area contributed by atoms with Crippen LogP contribution in [0.3, 0.4) is 0 Å². The van der Waals surface area contributed by atoms with E-state index in [9.17, 15) is 9.59 Å². The fourth-order valence-corrected chi connectivity index (χ4v) is 2.64. The maximum Gasteiger partial charge on any atom is 0.245 e. The SMILES string of the molecule is CCC(NC(=O)C(NC)c1cnn(C)c1)C(=O)N1CCOCC1.Cl. The fourth-order valence-electron chi connectivity index (χ4n) is 2.64. The number of likely N-dealkylation sites (N-methyl/N-ethyl adjacent to an activating group) is 1. The van der Waals surface area contributed by atoms with Crippen LogP contribution in [0.1, 0.15) is 24.9 Å². The molecule has 0 radical (unpaired) electrons. The van der Waals surface area contributed by atoms with E-state index in [4.69, 9.17) is 4.74 Å². The molecule has 0 saturated carbocycles. The molecule has 1 aliphatic rings. The molecular formula is C15H26ClN5O3. The highest BCUT2D eigenvalue weighted by atomic mass is 35.5. The number of carbonyl (C=O) groups is 2. The monoisotopic (exact) mass is 359 g/mol. The normalized spacial score (nSPS) is 16.9. The Kier molecular flexibility index (Phi) is 8.17. The summed E-state index contributed by atoms with van der Waals surface area (Å²) in [4.78, 5) is 26.8. The first-order valence-electron chi connectivity index (χ1n) is 7.89. The molecule has 1 aromatic rings. The number of halogens is 1. The van der Waals surface area contributed by atoms with Gasteiger partial charge in [-0.15, -0.1) is 12.4 Å². The van der Waals surface area contributed by atoms with Crippen LogP contribution in [0, 0.1) is 0 Å². The first kappa shape index (κ1) is 20.4. The van der Waals surface area contributed by atoms with Crippen LogP contribution >= 0.6 is 12.4 Å².